The van der Waals surface area contributed by atoms with Crippen LogP contribution in [0.4, 0.5) is 10.8 Å². The Morgan fingerprint density at radius 2 is 1.97 bits per heavy atom. The second-order valence-electron chi connectivity index (χ2n) is 7.77. The lowest BCUT2D eigenvalue weighted by molar-refractivity contribution is 0.102. The lowest BCUT2D eigenvalue weighted by Gasteiger charge is -2.21. The Balaban J connectivity index is 1.55. The SMILES string of the molecule is Cc1ccc(-c2csc(NC(=O)c3ccc4c(c3)C[C@H](C)N4S(C)(=O)=O)n2)c(C)c1. The van der Waals surface area contributed by atoms with Gasteiger partial charge in [-0.3, -0.25) is 14.4 Å². The van der Waals surface area contributed by atoms with E-state index in [1.165, 1.54) is 27.5 Å². The first-order valence-corrected chi connectivity index (χ1v) is 12.3. The van der Waals surface area contributed by atoms with Crippen molar-refractivity contribution in [3.05, 3.63) is 64.0 Å². The molecule has 2 aromatic carbocycles. The number of nitrogens with one attached hydrogen (secondary N) is 1. The second kappa shape index (κ2) is 7.52. The van der Waals surface area contributed by atoms with Crippen LogP contribution in [-0.2, 0) is 16.4 Å². The molecule has 0 radical (unpaired) electrons. The summed E-state index contributed by atoms with van der Waals surface area (Å²) in [6, 6.07) is 11.2. The summed E-state index contributed by atoms with van der Waals surface area (Å²) in [5, 5.41) is 5.32. The molecule has 3 aromatic rings. The Morgan fingerprint density at radius 1 is 1.20 bits per heavy atom. The largest absolute Gasteiger partial charge is 0.298 e. The molecule has 8 heteroatoms. The molecule has 0 saturated heterocycles. The predicted molar refractivity (Wildman–Crippen MR) is 122 cm³/mol. The van der Waals surface area contributed by atoms with E-state index in [0.29, 0.717) is 22.8 Å². The molecule has 1 aliphatic rings. The van der Waals surface area contributed by atoms with E-state index < -0.39 is 10.0 Å². The molecular weight excluding hydrogens is 418 g/mol. The number of nitrogens with zero attached hydrogens (tertiary/aromatic N) is 2. The van der Waals surface area contributed by atoms with E-state index in [0.717, 1.165) is 22.4 Å². The van der Waals surface area contributed by atoms with Gasteiger partial charge in [0.2, 0.25) is 10.0 Å². The van der Waals surface area contributed by atoms with Crippen LogP contribution in [0.3, 0.4) is 0 Å². The van der Waals surface area contributed by atoms with E-state index in [1.54, 1.807) is 18.2 Å². The van der Waals surface area contributed by atoms with Crippen LogP contribution in [0.1, 0.15) is 34.0 Å². The number of thiazole rings is 1. The molecule has 1 atom stereocenters. The highest BCUT2D eigenvalue weighted by Crippen LogP contribution is 2.35. The van der Waals surface area contributed by atoms with Crippen molar-refractivity contribution < 1.29 is 13.2 Å². The molecular formula is C22H23N3O3S2. The van der Waals surface area contributed by atoms with Crippen LogP contribution >= 0.6 is 11.3 Å². The molecule has 2 heterocycles. The summed E-state index contributed by atoms with van der Waals surface area (Å²) in [6.45, 7) is 5.96. The molecule has 6 nitrogen and oxygen atoms in total. The number of hydrogen-bond donors (Lipinski definition) is 1. The van der Waals surface area contributed by atoms with E-state index in [9.17, 15) is 13.2 Å². The number of carbonyl (C=O) groups is 1. The molecule has 0 bridgehead atoms. The molecule has 1 N–H and O–H groups in total. The second-order valence-corrected chi connectivity index (χ2v) is 10.5. The zero-order valence-electron chi connectivity index (χ0n) is 17.3. The summed E-state index contributed by atoms with van der Waals surface area (Å²) in [7, 11) is -3.35. The third-order valence-electron chi connectivity index (χ3n) is 5.23. The average Bonchev–Trinajstić information content (AvgIpc) is 3.23. The van der Waals surface area contributed by atoms with Crippen LogP contribution in [0.2, 0.25) is 0 Å². The predicted octanol–water partition coefficient (Wildman–Crippen LogP) is 4.39. The number of rotatable bonds is 4. The van der Waals surface area contributed by atoms with Gasteiger partial charge in [0.25, 0.3) is 5.91 Å². The van der Waals surface area contributed by atoms with Crippen LogP contribution in [-0.4, -0.2) is 31.6 Å². The Labute approximate surface area is 180 Å². The van der Waals surface area contributed by atoms with Gasteiger partial charge in [-0.05, 0) is 56.5 Å². The summed E-state index contributed by atoms with van der Waals surface area (Å²) in [5.41, 5.74) is 6.20. The first-order valence-electron chi connectivity index (χ1n) is 9.60. The monoisotopic (exact) mass is 441 g/mol. The summed E-state index contributed by atoms with van der Waals surface area (Å²) in [6.07, 6.45) is 1.78. The molecule has 0 unspecified atom stereocenters. The van der Waals surface area contributed by atoms with Crippen molar-refractivity contribution in [1.82, 2.24) is 4.98 Å². The van der Waals surface area contributed by atoms with Gasteiger partial charge in [-0.25, -0.2) is 13.4 Å². The topological polar surface area (TPSA) is 79.4 Å². The summed E-state index contributed by atoms with van der Waals surface area (Å²) in [4.78, 5) is 17.3. The highest BCUT2D eigenvalue weighted by atomic mass is 32.2. The molecule has 1 aliphatic heterocycles. The molecule has 0 saturated carbocycles. The number of aromatic nitrogens is 1. The lowest BCUT2D eigenvalue weighted by atomic mass is 10.0. The molecule has 1 amide bonds. The fourth-order valence-electron chi connectivity index (χ4n) is 3.97. The fraction of sp³-hybridized carbons (Fsp3) is 0.273. The third-order valence-corrected chi connectivity index (χ3v) is 7.26. The van der Waals surface area contributed by atoms with E-state index >= 15 is 0 Å². The number of aryl methyl sites for hydroxylation is 2. The Hall–Kier alpha value is -2.71. The normalized spacial score (nSPS) is 15.9. The van der Waals surface area contributed by atoms with Gasteiger partial charge in [0.1, 0.15) is 0 Å². The maximum Gasteiger partial charge on any atom is 0.257 e. The van der Waals surface area contributed by atoms with Gasteiger partial charge in [-0.1, -0.05) is 23.8 Å². The smallest absolute Gasteiger partial charge is 0.257 e. The summed E-state index contributed by atoms with van der Waals surface area (Å²) < 4.78 is 25.6. The Morgan fingerprint density at radius 3 is 2.67 bits per heavy atom. The van der Waals surface area contributed by atoms with Crippen LogP contribution in [0.25, 0.3) is 11.3 Å². The Kier molecular flexibility index (Phi) is 5.15. The first-order chi connectivity index (χ1) is 14.1. The van der Waals surface area contributed by atoms with Gasteiger partial charge in [-0.15, -0.1) is 11.3 Å². The number of sulfonamides is 1. The lowest BCUT2D eigenvalue weighted by Crippen LogP contribution is -2.34. The van der Waals surface area contributed by atoms with Crippen LogP contribution in [0.15, 0.2) is 41.8 Å². The third kappa shape index (κ3) is 3.85. The number of benzene rings is 2. The standard InChI is InChI=1S/C22H23N3O3S2/c1-13-5-7-18(14(2)9-13)19-12-29-22(23-19)24-21(26)16-6-8-20-17(11-16)10-15(3)25(20)30(4,27)28/h5-9,11-12,15H,10H2,1-4H3,(H,23,24,26)/t15-/m0/s1. The van der Waals surface area contributed by atoms with Crippen molar-refractivity contribution >= 4 is 38.1 Å². The molecule has 156 valence electrons. The van der Waals surface area contributed by atoms with E-state index in [1.807, 2.05) is 31.4 Å². The highest BCUT2D eigenvalue weighted by molar-refractivity contribution is 7.92. The zero-order valence-corrected chi connectivity index (χ0v) is 18.9. The quantitative estimate of drug-likeness (QED) is 0.651. The highest BCUT2D eigenvalue weighted by Gasteiger charge is 2.32. The number of anilines is 2. The minimum Gasteiger partial charge on any atom is -0.298 e. The molecule has 4 rings (SSSR count). The Bertz CT molecular complexity index is 1250. The number of carbonyl (C=O) groups excluding carboxylic acids is 1. The van der Waals surface area contributed by atoms with Crippen molar-refractivity contribution in [3.63, 3.8) is 0 Å². The van der Waals surface area contributed by atoms with Crippen LogP contribution in [0, 0.1) is 13.8 Å². The van der Waals surface area contributed by atoms with Gasteiger partial charge < -0.3 is 0 Å². The van der Waals surface area contributed by atoms with Gasteiger partial charge >= 0.3 is 0 Å². The van der Waals surface area contributed by atoms with Crippen molar-refractivity contribution in [2.75, 3.05) is 15.9 Å². The van der Waals surface area contributed by atoms with Crippen molar-refractivity contribution in [2.45, 2.75) is 33.2 Å². The number of amides is 1. The molecule has 30 heavy (non-hydrogen) atoms. The number of fused-ring (bicyclic) bond motifs is 1. The van der Waals surface area contributed by atoms with Gasteiger partial charge in [0, 0.05) is 22.5 Å². The maximum atomic E-state index is 12.8. The van der Waals surface area contributed by atoms with Crippen molar-refractivity contribution in [2.24, 2.45) is 0 Å². The minimum atomic E-state index is -3.35. The summed E-state index contributed by atoms with van der Waals surface area (Å²) >= 11 is 1.38. The minimum absolute atomic E-state index is 0.160. The van der Waals surface area contributed by atoms with Crippen molar-refractivity contribution in [1.29, 1.82) is 0 Å². The van der Waals surface area contributed by atoms with Gasteiger partial charge in [-0.2, -0.15) is 0 Å². The van der Waals surface area contributed by atoms with Crippen molar-refractivity contribution in [3.8, 4) is 11.3 Å². The average molecular weight is 442 g/mol. The molecule has 0 aliphatic carbocycles. The first kappa shape index (κ1) is 20.6. The molecule has 0 spiro atoms. The zero-order chi connectivity index (χ0) is 21.6. The van der Waals surface area contributed by atoms with E-state index in [-0.39, 0.29) is 11.9 Å². The van der Waals surface area contributed by atoms with Crippen LogP contribution in [0.5, 0.6) is 0 Å². The van der Waals surface area contributed by atoms with Gasteiger partial charge in [0.05, 0.1) is 17.6 Å². The summed E-state index contributed by atoms with van der Waals surface area (Å²) in [5.74, 6) is -0.259. The molecule has 1 aromatic heterocycles. The fourth-order valence-corrected chi connectivity index (χ4v) is 5.94. The maximum absolute atomic E-state index is 12.8. The van der Waals surface area contributed by atoms with Gasteiger partial charge in [0.15, 0.2) is 5.13 Å². The van der Waals surface area contributed by atoms with E-state index in [4.69, 9.17) is 0 Å². The number of hydrogen-bond acceptors (Lipinski definition) is 5. The van der Waals surface area contributed by atoms with E-state index in [2.05, 4.69) is 23.3 Å². The molecule has 0 fully saturated rings. The van der Waals surface area contributed by atoms with Crippen LogP contribution < -0.4 is 9.62 Å².